The standard InChI is InChI=1S/C14H18FNO3/c15-13-5-3-11(4-6-13)9-16-10-12(8-14(17)18)2-1-7-19-16/h3-6,12H,1-2,7-10H2,(H,17,18). The first-order chi connectivity index (χ1) is 9.13. The minimum Gasteiger partial charge on any atom is -0.481 e. The van der Waals surface area contributed by atoms with Gasteiger partial charge in [-0.05, 0) is 36.5 Å². The zero-order valence-electron chi connectivity index (χ0n) is 10.7. The van der Waals surface area contributed by atoms with E-state index >= 15 is 0 Å². The molecule has 1 aliphatic heterocycles. The van der Waals surface area contributed by atoms with Crippen molar-refractivity contribution in [1.82, 2.24) is 5.06 Å². The monoisotopic (exact) mass is 267 g/mol. The van der Waals surface area contributed by atoms with E-state index in [1.165, 1.54) is 12.1 Å². The third kappa shape index (κ3) is 4.61. The van der Waals surface area contributed by atoms with Gasteiger partial charge in [-0.15, -0.1) is 0 Å². The van der Waals surface area contributed by atoms with Crippen molar-refractivity contribution in [3.05, 3.63) is 35.6 Å². The molecular formula is C14H18FNO3. The predicted octanol–water partition coefficient (Wildman–Crippen LogP) is 2.44. The topological polar surface area (TPSA) is 49.8 Å². The van der Waals surface area contributed by atoms with Gasteiger partial charge in [0.15, 0.2) is 0 Å². The number of carbonyl (C=O) groups is 1. The minimum absolute atomic E-state index is 0.112. The third-order valence-corrected chi connectivity index (χ3v) is 3.23. The van der Waals surface area contributed by atoms with E-state index in [1.54, 1.807) is 17.2 Å². The second-order valence-electron chi connectivity index (χ2n) is 4.89. The largest absolute Gasteiger partial charge is 0.481 e. The van der Waals surface area contributed by atoms with Crippen LogP contribution in [0.3, 0.4) is 0 Å². The Balaban J connectivity index is 1.94. The van der Waals surface area contributed by atoms with Crippen LogP contribution in [0, 0.1) is 11.7 Å². The minimum atomic E-state index is -0.770. The van der Waals surface area contributed by atoms with Crippen LogP contribution in [-0.4, -0.2) is 29.3 Å². The Labute approximate surface area is 111 Å². The average molecular weight is 267 g/mol. The van der Waals surface area contributed by atoms with E-state index in [-0.39, 0.29) is 18.2 Å². The summed E-state index contributed by atoms with van der Waals surface area (Å²) in [5, 5.41) is 10.6. The van der Waals surface area contributed by atoms with Gasteiger partial charge in [0, 0.05) is 19.5 Å². The number of nitrogens with zero attached hydrogens (tertiary/aromatic N) is 1. The Bertz CT molecular complexity index is 421. The third-order valence-electron chi connectivity index (χ3n) is 3.23. The van der Waals surface area contributed by atoms with Gasteiger partial charge in [0.1, 0.15) is 5.82 Å². The molecule has 1 saturated heterocycles. The molecule has 1 heterocycles. The zero-order chi connectivity index (χ0) is 13.7. The van der Waals surface area contributed by atoms with Crippen LogP contribution in [0.1, 0.15) is 24.8 Å². The highest BCUT2D eigenvalue weighted by molar-refractivity contribution is 5.67. The lowest BCUT2D eigenvalue weighted by atomic mass is 10.00. The first kappa shape index (κ1) is 14.0. The molecule has 1 aromatic rings. The molecule has 0 aliphatic carbocycles. The lowest BCUT2D eigenvalue weighted by Gasteiger charge is -2.22. The highest BCUT2D eigenvalue weighted by atomic mass is 19.1. The van der Waals surface area contributed by atoms with Crippen molar-refractivity contribution < 1.29 is 19.1 Å². The molecule has 1 fully saturated rings. The lowest BCUT2D eigenvalue weighted by molar-refractivity contribution is -0.164. The van der Waals surface area contributed by atoms with Crippen molar-refractivity contribution in [2.45, 2.75) is 25.8 Å². The molecule has 104 valence electrons. The molecule has 0 aromatic heterocycles. The van der Waals surface area contributed by atoms with Gasteiger partial charge in [-0.2, -0.15) is 5.06 Å². The number of carboxylic acids is 1. The van der Waals surface area contributed by atoms with Crippen molar-refractivity contribution in [1.29, 1.82) is 0 Å². The van der Waals surface area contributed by atoms with Gasteiger partial charge in [-0.3, -0.25) is 9.63 Å². The zero-order valence-corrected chi connectivity index (χ0v) is 10.7. The van der Waals surface area contributed by atoms with Crippen LogP contribution in [0.15, 0.2) is 24.3 Å². The van der Waals surface area contributed by atoms with Crippen molar-refractivity contribution in [3.63, 3.8) is 0 Å². The number of benzene rings is 1. The Morgan fingerprint density at radius 3 is 2.84 bits per heavy atom. The van der Waals surface area contributed by atoms with Gasteiger partial charge in [0.2, 0.25) is 0 Å². The Morgan fingerprint density at radius 1 is 1.42 bits per heavy atom. The van der Waals surface area contributed by atoms with Crippen LogP contribution in [0.25, 0.3) is 0 Å². The number of rotatable bonds is 4. The van der Waals surface area contributed by atoms with Crippen LogP contribution in [0.4, 0.5) is 4.39 Å². The first-order valence-corrected chi connectivity index (χ1v) is 6.47. The van der Waals surface area contributed by atoms with Gasteiger partial charge >= 0.3 is 5.97 Å². The number of aliphatic carboxylic acids is 1. The van der Waals surface area contributed by atoms with Crippen LogP contribution in [0.2, 0.25) is 0 Å². The van der Waals surface area contributed by atoms with Crippen LogP contribution in [-0.2, 0) is 16.2 Å². The summed E-state index contributed by atoms with van der Waals surface area (Å²) in [7, 11) is 0. The second kappa shape index (κ2) is 6.63. The quantitative estimate of drug-likeness (QED) is 0.910. The number of hydroxylamine groups is 2. The summed E-state index contributed by atoms with van der Waals surface area (Å²) >= 11 is 0. The fourth-order valence-corrected chi connectivity index (χ4v) is 2.31. The summed E-state index contributed by atoms with van der Waals surface area (Å²) in [6.45, 7) is 1.76. The summed E-state index contributed by atoms with van der Waals surface area (Å²) in [4.78, 5) is 16.4. The number of carboxylic acid groups (broad SMARTS) is 1. The van der Waals surface area contributed by atoms with E-state index in [0.717, 1.165) is 18.4 Å². The maximum Gasteiger partial charge on any atom is 0.303 e. The maximum absolute atomic E-state index is 12.8. The molecule has 19 heavy (non-hydrogen) atoms. The molecule has 1 aliphatic rings. The molecule has 1 unspecified atom stereocenters. The molecule has 1 atom stereocenters. The highest BCUT2D eigenvalue weighted by Crippen LogP contribution is 2.19. The Kier molecular flexibility index (Phi) is 4.87. The van der Waals surface area contributed by atoms with E-state index in [1.807, 2.05) is 0 Å². The second-order valence-corrected chi connectivity index (χ2v) is 4.89. The van der Waals surface area contributed by atoms with Crippen LogP contribution >= 0.6 is 0 Å². The molecule has 5 heteroatoms. The smallest absolute Gasteiger partial charge is 0.303 e. The van der Waals surface area contributed by atoms with Crippen molar-refractivity contribution in [2.75, 3.05) is 13.2 Å². The van der Waals surface area contributed by atoms with Gasteiger partial charge in [-0.1, -0.05) is 12.1 Å². The Morgan fingerprint density at radius 2 is 2.16 bits per heavy atom. The maximum atomic E-state index is 12.8. The summed E-state index contributed by atoms with van der Waals surface area (Å²) in [6.07, 6.45) is 1.91. The summed E-state index contributed by atoms with van der Waals surface area (Å²) in [5.41, 5.74) is 0.956. The van der Waals surface area contributed by atoms with E-state index in [0.29, 0.717) is 19.7 Å². The Hall–Kier alpha value is -1.46. The average Bonchev–Trinajstić information content (AvgIpc) is 2.57. The van der Waals surface area contributed by atoms with Gasteiger partial charge in [-0.25, -0.2) is 4.39 Å². The van der Waals surface area contributed by atoms with Gasteiger partial charge in [0.05, 0.1) is 6.61 Å². The van der Waals surface area contributed by atoms with E-state index in [2.05, 4.69) is 0 Å². The van der Waals surface area contributed by atoms with Gasteiger partial charge < -0.3 is 5.11 Å². The molecule has 2 rings (SSSR count). The first-order valence-electron chi connectivity index (χ1n) is 6.47. The molecule has 0 amide bonds. The molecular weight excluding hydrogens is 249 g/mol. The van der Waals surface area contributed by atoms with E-state index in [4.69, 9.17) is 9.94 Å². The molecule has 0 radical (unpaired) electrons. The number of halogens is 1. The van der Waals surface area contributed by atoms with Crippen molar-refractivity contribution in [3.8, 4) is 0 Å². The summed E-state index contributed by atoms with van der Waals surface area (Å²) < 4.78 is 12.8. The van der Waals surface area contributed by atoms with Crippen molar-refractivity contribution in [2.24, 2.45) is 5.92 Å². The summed E-state index contributed by atoms with van der Waals surface area (Å²) in [5.74, 6) is -0.918. The van der Waals surface area contributed by atoms with Crippen LogP contribution in [0.5, 0.6) is 0 Å². The SMILES string of the molecule is O=C(O)CC1CCCON(Cc2ccc(F)cc2)C1. The molecule has 0 saturated carbocycles. The summed E-state index contributed by atoms with van der Waals surface area (Å²) in [6, 6.07) is 6.27. The van der Waals surface area contributed by atoms with Crippen LogP contribution < -0.4 is 0 Å². The molecule has 0 spiro atoms. The molecule has 4 nitrogen and oxygen atoms in total. The van der Waals surface area contributed by atoms with Crippen molar-refractivity contribution >= 4 is 5.97 Å². The van der Waals surface area contributed by atoms with E-state index < -0.39 is 5.97 Å². The lowest BCUT2D eigenvalue weighted by Crippen LogP contribution is -2.28. The van der Waals surface area contributed by atoms with Gasteiger partial charge in [0.25, 0.3) is 0 Å². The molecule has 1 N–H and O–H groups in total. The van der Waals surface area contributed by atoms with E-state index in [9.17, 15) is 9.18 Å². The highest BCUT2D eigenvalue weighted by Gasteiger charge is 2.21. The fourth-order valence-electron chi connectivity index (χ4n) is 2.31. The number of hydrogen-bond donors (Lipinski definition) is 1. The number of hydrogen-bond acceptors (Lipinski definition) is 3. The molecule has 1 aromatic carbocycles. The fraction of sp³-hybridized carbons (Fsp3) is 0.500. The normalized spacial score (nSPS) is 21.0. The predicted molar refractivity (Wildman–Crippen MR) is 67.7 cm³/mol. The molecule has 0 bridgehead atoms.